The van der Waals surface area contributed by atoms with E-state index in [0.29, 0.717) is 5.69 Å². The summed E-state index contributed by atoms with van der Waals surface area (Å²) < 4.78 is 0.784. The van der Waals surface area contributed by atoms with E-state index < -0.39 is 12.0 Å². The first kappa shape index (κ1) is 11.1. The van der Waals surface area contributed by atoms with E-state index in [0.717, 1.165) is 10.0 Å². The van der Waals surface area contributed by atoms with Gasteiger partial charge in [-0.3, -0.25) is 14.9 Å². The van der Waals surface area contributed by atoms with Crippen molar-refractivity contribution >= 4 is 33.5 Å². The summed E-state index contributed by atoms with van der Waals surface area (Å²) in [6.45, 7) is -0.251. The summed E-state index contributed by atoms with van der Waals surface area (Å²) >= 11 is 3.34. The van der Waals surface area contributed by atoms with Crippen molar-refractivity contribution in [2.45, 2.75) is 6.04 Å². The summed E-state index contributed by atoms with van der Waals surface area (Å²) in [6.07, 6.45) is 0. The number of nitrogens with one attached hydrogen (secondary N) is 2. The molecule has 0 radical (unpaired) electrons. The molecule has 0 spiro atoms. The van der Waals surface area contributed by atoms with Crippen LogP contribution in [0.3, 0.4) is 0 Å². The van der Waals surface area contributed by atoms with E-state index in [1.807, 2.05) is 12.1 Å². The fourth-order valence-corrected chi connectivity index (χ4v) is 2.25. The average Bonchev–Trinajstić information content (AvgIpc) is 2.52. The molecule has 16 heavy (non-hydrogen) atoms. The minimum Gasteiger partial charge on any atom is -0.480 e. The van der Waals surface area contributed by atoms with Gasteiger partial charge in [0, 0.05) is 15.7 Å². The van der Waals surface area contributed by atoms with Crippen LogP contribution in [-0.4, -0.2) is 23.5 Å². The third-order valence-corrected chi connectivity index (χ3v) is 3.01. The molecule has 0 aromatic heterocycles. The second-order valence-corrected chi connectivity index (χ2v) is 4.25. The second-order valence-electron chi connectivity index (χ2n) is 3.40. The van der Waals surface area contributed by atoms with Gasteiger partial charge in [0.15, 0.2) is 0 Å². The maximum Gasteiger partial charge on any atom is 0.317 e. The van der Waals surface area contributed by atoms with E-state index in [9.17, 15) is 9.59 Å². The van der Waals surface area contributed by atoms with Crippen LogP contribution in [0.1, 0.15) is 11.6 Å². The van der Waals surface area contributed by atoms with Crippen molar-refractivity contribution in [3.63, 3.8) is 0 Å². The summed E-state index contributed by atoms with van der Waals surface area (Å²) in [6, 6.07) is 4.79. The number of benzene rings is 1. The molecular weight excluding hydrogens is 276 g/mol. The molecule has 0 bridgehead atoms. The Balaban J connectivity index is 2.28. The third-order valence-electron chi connectivity index (χ3n) is 2.32. The van der Waals surface area contributed by atoms with Gasteiger partial charge in [-0.2, -0.15) is 0 Å². The molecule has 1 aromatic rings. The van der Waals surface area contributed by atoms with Gasteiger partial charge >= 0.3 is 5.97 Å². The normalized spacial score (nSPS) is 18.1. The number of hydrogen-bond donors (Lipinski definition) is 3. The smallest absolute Gasteiger partial charge is 0.317 e. The van der Waals surface area contributed by atoms with Crippen LogP contribution in [0, 0.1) is 0 Å². The molecule has 0 saturated heterocycles. The lowest BCUT2D eigenvalue weighted by Gasteiger charge is -2.10. The number of carboxylic acid groups (broad SMARTS) is 1. The Morgan fingerprint density at radius 1 is 1.56 bits per heavy atom. The molecule has 3 N–H and O–H groups in total. The Morgan fingerprint density at radius 2 is 2.31 bits per heavy atom. The monoisotopic (exact) mass is 284 g/mol. The number of halogens is 1. The molecule has 0 saturated carbocycles. The minimum atomic E-state index is -0.992. The van der Waals surface area contributed by atoms with Crippen molar-refractivity contribution < 1.29 is 14.7 Å². The Bertz CT molecular complexity index is 461. The highest BCUT2D eigenvalue weighted by Gasteiger charge is 2.32. The number of aliphatic carboxylic acids is 1. The zero-order valence-electron chi connectivity index (χ0n) is 8.16. The number of hydrogen-bond acceptors (Lipinski definition) is 3. The van der Waals surface area contributed by atoms with Crippen LogP contribution in [0.2, 0.25) is 0 Å². The molecule has 6 heteroatoms. The van der Waals surface area contributed by atoms with Gasteiger partial charge in [0.2, 0.25) is 5.91 Å². The van der Waals surface area contributed by atoms with Gasteiger partial charge in [0.1, 0.15) is 6.04 Å². The molecule has 0 aliphatic carbocycles. The zero-order chi connectivity index (χ0) is 11.7. The van der Waals surface area contributed by atoms with Crippen molar-refractivity contribution in [2.75, 3.05) is 11.9 Å². The van der Waals surface area contributed by atoms with Crippen molar-refractivity contribution in [2.24, 2.45) is 0 Å². The van der Waals surface area contributed by atoms with Crippen LogP contribution in [-0.2, 0) is 9.59 Å². The van der Waals surface area contributed by atoms with Gasteiger partial charge in [0.25, 0.3) is 0 Å². The highest BCUT2D eigenvalue weighted by Crippen LogP contribution is 2.36. The number of carboxylic acids is 1. The van der Waals surface area contributed by atoms with Gasteiger partial charge in [-0.05, 0) is 12.1 Å². The largest absolute Gasteiger partial charge is 0.480 e. The average molecular weight is 285 g/mol. The third kappa shape index (κ3) is 1.94. The lowest BCUT2D eigenvalue weighted by atomic mass is 10.1. The number of anilines is 1. The van der Waals surface area contributed by atoms with Gasteiger partial charge < -0.3 is 10.4 Å². The molecular formula is C10H9BrN2O3. The van der Waals surface area contributed by atoms with E-state index in [4.69, 9.17) is 5.11 Å². The van der Waals surface area contributed by atoms with Crippen molar-refractivity contribution in [1.82, 2.24) is 5.32 Å². The second kappa shape index (κ2) is 4.23. The summed E-state index contributed by atoms with van der Waals surface area (Å²) in [5.41, 5.74) is 1.47. The van der Waals surface area contributed by atoms with Gasteiger partial charge in [-0.15, -0.1) is 0 Å². The molecule has 1 amide bonds. The van der Waals surface area contributed by atoms with E-state index in [2.05, 4.69) is 26.6 Å². The molecule has 2 rings (SSSR count). The van der Waals surface area contributed by atoms with Gasteiger partial charge in [-0.25, -0.2) is 0 Å². The lowest BCUT2D eigenvalue weighted by molar-refractivity contribution is -0.136. The van der Waals surface area contributed by atoms with Crippen molar-refractivity contribution in [3.05, 3.63) is 28.2 Å². The predicted octanol–water partition coefficient (Wildman–Crippen LogP) is 1.12. The van der Waals surface area contributed by atoms with Crippen LogP contribution < -0.4 is 10.6 Å². The van der Waals surface area contributed by atoms with Gasteiger partial charge in [0.05, 0.1) is 6.54 Å². The molecule has 1 atom stereocenters. The summed E-state index contributed by atoms with van der Waals surface area (Å²) in [4.78, 5) is 22.1. The first-order chi connectivity index (χ1) is 7.59. The first-order valence-corrected chi connectivity index (χ1v) is 5.43. The number of carbonyl (C=O) groups is 2. The SMILES string of the molecule is O=C(O)CNC1C(=O)Nc2cccc(Br)c21. The number of rotatable bonds is 3. The Hall–Kier alpha value is -1.40. The van der Waals surface area contributed by atoms with E-state index in [-0.39, 0.29) is 12.5 Å². The quantitative estimate of drug-likeness (QED) is 0.777. The van der Waals surface area contributed by atoms with Crippen molar-refractivity contribution in [1.29, 1.82) is 0 Å². The predicted molar refractivity (Wildman–Crippen MR) is 61.2 cm³/mol. The van der Waals surface area contributed by atoms with E-state index >= 15 is 0 Å². The van der Waals surface area contributed by atoms with Crippen molar-refractivity contribution in [3.8, 4) is 0 Å². The van der Waals surface area contributed by atoms with Crippen LogP contribution in [0.15, 0.2) is 22.7 Å². The molecule has 0 fully saturated rings. The van der Waals surface area contributed by atoms with Crippen LogP contribution in [0.4, 0.5) is 5.69 Å². The highest BCUT2D eigenvalue weighted by atomic mass is 79.9. The maximum absolute atomic E-state index is 11.6. The molecule has 1 aromatic carbocycles. The topological polar surface area (TPSA) is 78.4 Å². The fraction of sp³-hybridized carbons (Fsp3) is 0.200. The van der Waals surface area contributed by atoms with E-state index in [1.54, 1.807) is 6.07 Å². The molecule has 1 aliphatic heterocycles. The zero-order valence-corrected chi connectivity index (χ0v) is 9.74. The Morgan fingerprint density at radius 3 is 3.00 bits per heavy atom. The summed E-state index contributed by atoms with van der Waals surface area (Å²) in [7, 11) is 0. The Labute approximate surface area is 100.0 Å². The summed E-state index contributed by atoms with van der Waals surface area (Å²) in [5.74, 6) is -1.23. The first-order valence-electron chi connectivity index (χ1n) is 4.64. The number of amides is 1. The lowest BCUT2D eigenvalue weighted by Crippen LogP contribution is -2.31. The molecule has 5 nitrogen and oxygen atoms in total. The summed E-state index contributed by atoms with van der Waals surface area (Å²) in [5, 5.41) is 13.9. The molecule has 1 aliphatic rings. The maximum atomic E-state index is 11.6. The molecule has 1 unspecified atom stereocenters. The van der Waals surface area contributed by atoms with Crippen LogP contribution in [0.5, 0.6) is 0 Å². The molecule has 84 valence electrons. The number of fused-ring (bicyclic) bond motifs is 1. The fourth-order valence-electron chi connectivity index (χ4n) is 1.66. The Kier molecular flexibility index (Phi) is 2.93. The highest BCUT2D eigenvalue weighted by molar-refractivity contribution is 9.10. The minimum absolute atomic E-state index is 0.233. The van der Waals surface area contributed by atoms with Crippen LogP contribution in [0.25, 0.3) is 0 Å². The van der Waals surface area contributed by atoms with E-state index in [1.165, 1.54) is 0 Å². The molecule has 1 heterocycles. The number of carbonyl (C=O) groups excluding carboxylic acids is 1. The van der Waals surface area contributed by atoms with Gasteiger partial charge in [-0.1, -0.05) is 22.0 Å². The standard InChI is InChI=1S/C10H9BrN2O3/c11-5-2-1-3-6-8(5)9(10(16)13-6)12-4-7(14)15/h1-3,9,12H,4H2,(H,13,16)(H,14,15). The van der Waals surface area contributed by atoms with Crippen LogP contribution >= 0.6 is 15.9 Å².